The van der Waals surface area contributed by atoms with Crippen LogP contribution in [0.2, 0.25) is 0 Å². The van der Waals surface area contributed by atoms with Gasteiger partial charge in [0.05, 0.1) is 13.2 Å². The lowest BCUT2D eigenvalue weighted by molar-refractivity contribution is 0.0620. The minimum absolute atomic E-state index is 0. The molecule has 3 rings (SSSR count). The standard InChI is InChI=1S/C19H21FN2O3.ClH/c1-19(2)10-15(13-9-12(21)5-7-16(13)25-19)22-18(23)11-4-6-17(24-3)14(20)8-11;/h4-9,15H,10,21H2,1-3H3,(H,22,23);1H. The molecule has 1 heterocycles. The van der Waals surface area contributed by atoms with Gasteiger partial charge in [0.2, 0.25) is 0 Å². The summed E-state index contributed by atoms with van der Waals surface area (Å²) in [5.74, 6) is -0.150. The first kappa shape index (κ1) is 19.8. The fourth-order valence-corrected chi connectivity index (χ4v) is 3.05. The third kappa shape index (κ3) is 4.02. The van der Waals surface area contributed by atoms with Crippen LogP contribution < -0.4 is 20.5 Å². The second kappa shape index (κ2) is 7.41. The molecular weight excluding hydrogens is 359 g/mol. The Hall–Kier alpha value is -2.47. The van der Waals surface area contributed by atoms with Crippen LogP contribution in [0.1, 0.15) is 42.2 Å². The zero-order chi connectivity index (χ0) is 18.2. The fraction of sp³-hybridized carbons (Fsp3) is 0.316. The summed E-state index contributed by atoms with van der Waals surface area (Å²) < 4.78 is 24.7. The lowest BCUT2D eigenvalue weighted by Crippen LogP contribution is -2.41. The van der Waals surface area contributed by atoms with E-state index in [2.05, 4.69) is 5.32 Å². The number of benzene rings is 2. The van der Waals surface area contributed by atoms with Crippen LogP contribution in [0.25, 0.3) is 0 Å². The third-order valence-electron chi connectivity index (χ3n) is 4.21. The predicted molar refractivity (Wildman–Crippen MR) is 101 cm³/mol. The molecule has 2 aromatic rings. The van der Waals surface area contributed by atoms with E-state index < -0.39 is 11.4 Å². The molecule has 0 bridgehead atoms. The third-order valence-corrected chi connectivity index (χ3v) is 4.21. The topological polar surface area (TPSA) is 73.6 Å². The number of methoxy groups -OCH3 is 1. The normalized spacial score (nSPS) is 17.3. The number of nitrogens with one attached hydrogen (secondary N) is 1. The first-order valence-electron chi connectivity index (χ1n) is 8.02. The van der Waals surface area contributed by atoms with Gasteiger partial charge >= 0.3 is 0 Å². The van der Waals surface area contributed by atoms with Gasteiger partial charge in [0.1, 0.15) is 11.4 Å². The Morgan fingerprint density at radius 3 is 2.69 bits per heavy atom. The molecule has 1 amide bonds. The van der Waals surface area contributed by atoms with E-state index in [4.69, 9.17) is 15.2 Å². The number of carbonyl (C=O) groups is 1. The molecule has 0 saturated carbocycles. The molecule has 1 atom stereocenters. The number of rotatable bonds is 3. The van der Waals surface area contributed by atoms with Crippen molar-refractivity contribution in [2.75, 3.05) is 12.8 Å². The summed E-state index contributed by atoms with van der Waals surface area (Å²) in [7, 11) is 1.38. The predicted octanol–water partition coefficient (Wildman–Crippen LogP) is 3.87. The Morgan fingerprint density at radius 1 is 1.31 bits per heavy atom. The van der Waals surface area contributed by atoms with E-state index in [1.165, 1.54) is 25.3 Å². The number of hydrogen-bond donors (Lipinski definition) is 2. The maximum absolute atomic E-state index is 13.9. The molecule has 0 spiro atoms. The van der Waals surface area contributed by atoms with Crippen molar-refractivity contribution in [1.29, 1.82) is 0 Å². The number of amides is 1. The van der Waals surface area contributed by atoms with Crippen LogP contribution in [0.5, 0.6) is 11.5 Å². The molecule has 26 heavy (non-hydrogen) atoms. The van der Waals surface area contributed by atoms with Crippen molar-refractivity contribution in [3.05, 3.63) is 53.3 Å². The van der Waals surface area contributed by atoms with Crippen molar-refractivity contribution in [3.63, 3.8) is 0 Å². The maximum atomic E-state index is 13.9. The Morgan fingerprint density at radius 2 is 2.04 bits per heavy atom. The van der Waals surface area contributed by atoms with Crippen molar-refractivity contribution in [3.8, 4) is 11.5 Å². The minimum Gasteiger partial charge on any atom is -0.494 e. The second-order valence-electron chi connectivity index (χ2n) is 6.74. The number of nitrogen functional groups attached to an aromatic ring is 1. The highest BCUT2D eigenvalue weighted by Gasteiger charge is 2.34. The van der Waals surface area contributed by atoms with Gasteiger partial charge in [-0.05, 0) is 50.2 Å². The molecule has 1 aliphatic heterocycles. The van der Waals surface area contributed by atoms with Gasteiger partial charge in [-0.25, -0.2) is 4.39 Å². The number of anilines is 1. The van der Waals surface area contributed by atoms with Gasteiger partial charge in [-0.15, -0.1) is 12.4 Å². The molecule has 140 valence electrons. The summed E-state index contributed by atoms with van der Waals surface area (Å²) in [5.41, 5.74) is 7.08. The lowest BCUT2D eigenvalue weighted by atomic mass is 9.89. The van der Waals surface area contributed by atoms with E-state index in [9.17, 15) is 9.18 Å². The van der Waals surface area contributed by atoms with E-state index in [0.29, 0.717) is 17.9 Å². The average molecular weight is 381 g/mol. The summed E-state index contributed by atoms with van der Waals surface area (Å²) in [6.45, 7) is 3.91. The number of fused-ring (bicyclic) bond motifs is 1. The Labute approximate surface area is 158 Å². The Balaban J connectivity index is 0.00000243. The number of ether oxygens (including phenoxy) is 2. The summed E-state index contributed by atoms with van der Waals surface area (Å²) in [5, 5.41) is 2.96. The zero-order valence-electron chi connectivity index (χ0n) is 14.8. The number of hydrogen-bond acceptors (Lipinski definition) is 4. The van der Waals surface area contributed by atoms with Gasteiger partial charge in [0, 0.05) is 23.2 Å². The molecule has 1 aliphatic rings. The van der Waals surface area contributed by atoms with Gasteiger partial charge in [0.15, 0.2) is 11.6 Å². The molecule has 0 fully saturated rings. The minimum atomic E-state index is -0.577. The summed E-state index contributed by atoms with van der Waals surface area (Å²) in [4.78, 5) is 12.6. The van der Waals surface area contributed by atoms with E-state index in [1.807, 2.05) is 13.8 Å². The van der Waals surface area contributed by atoms with Crippen LogP contribution >= 0.6 is 12.4 Å². The molecule has 3 N–H and O–H groups in total. The van der Waals surface area contributed by atoms with E-state index in [0.717, 1.165) is 5.56 Å². The SMILES string of the molecule is COc1ccc(C(=O)NC2CC(C)(C)Oc3ccc(N)cc32)cc1F.Cl. The molecular formula is C19H22ClFN2O3. The van der Waals surface area contributed by atoms with Crippen LogP contribution in [-0.4, -0.2) is 18.6 Å². The summed E-state index contributed by atoms with van der Waals surface area (Å²) >= 11 is 0. The lowest BCUT2D eigenvalue weighted by Gasteiger charge is -2.38. The second-order valence-corrected chi connectivity index (χ2v) is 6.74. The summed E-state index contributed by atoms with van der Waals surface area (Å²) in [6, 6.07) is 9.21. The highest BCUT2D eigenvalue weighted by molar-refractivity contribution is 5.94. The van der Waals surface area contributed by atoms with Crippen molar-refractivity contribution >= 4 is 24.0 Å². The number of nitrogens with two attached hydrogens (primary N) is 1. The Bertz CT molecular complexity index is 826. The molecule has 0 saturated heterocycles. The first-order valence-corrected chi connectivity index (χ1v) is 8.02. The molecule has 0 radical (unpaired) electrons. The van der Waals surface area contributed by atoms with Crippen LogP contribution in [0, 0.1) is 5.82 Å². The van der Waals surface area contributed by atoms with Crippen LogP contribution in [0.4, 0.5) is 10.1 Å². The molecule has 0 aromatic heterocycles. The monoisotopic (exact) mass is 380 g/mol. The molecule has 5 nitrogen and oxygen atoms in total. The van der Waals surface area contributed by atoms with Gasteiger partial charge in [0.25, 0.3) is 5.91 Å². The maximum Gasteiger partial charge on any atom is 0.251 e. The smallest absolute Gasteiger partial charge is 0.251 e. The highest BCUT2D eigenvalue weighted by Crippen LogP contribution is 2.40. The van der Waals surface area contributed by atoms with Crippen molar-refractivity contribution in [2.45, 2.75) is 31.9 Å². The van der Waals surface area contributed by atoms with Crippen LogP contribution in [0.15, 0.2) is 36.4 Å². The fourth-order valence-electron chi connectivity index (χ4n) is 3.05. The largest absolute Gasteiger partial charge is 0.494 e. The first-order chi connectivity index (χ1) is 11.8. The summed E-state index contributed by atoms with van der Waals surface area (Å²) in [6.07, 6.45) is 0.577. The van der Waals surface area contributed by atoms with E-state index >= 15 is 0 Å². The van der Waals surface area contributed by atoms with Gasteiger partial charge < -0.3 is 20.5 Å². The van der Waals surface area contributed by atoms with Crippen molar-refractivity contribution < 1.29 is 18.7 Å². The Kier molecular flexibility index (Phi) is 5.66. The highest BCUT2D eigenvalue weighted by atomic mass is 35.5. The van der Waals surface area contributed by atoms with Gasteiger partial charge in [-0.1, -0.05) is 0 Å². The quantitative estimate of drug-likeness (QED) is 0.793. The zero-order valence-corrected chi connectivity index (χ0v) is 15.7. The van der Waals surface area contributed by atoms with Crippen molar-refractivity contribution in [2.24, 2.45) is 0 Å². The average Bonchev–Trinajstić information content (AvgIpc) is 2.54. The molecule has 1 unspecified atom stereocenters. The molecule has 2 aromatic carbocycles. The van der Waals surface area contributed by atoms with Gasteiger partial charge in [-0.3, -0.25) is 4.79 Å². The van der Waals surface area contributed by atoms with E-state index in [-0.39, 0.29) is 35.7 Å². The number of halogens is 2. The van der Waals surface area contributed by atoms with Crippen LogP contribution in [0.3, 0.4) is 0 Å². The molecule has 7 heteroatoms. The molecule has 0 aliphatic carbocycles. The van der Waals surface area contributed by atoms with Gasteiger partial charge in [-0.2, -0.15) is 0 Å². The van der Waals surface area contributed by atoms with E-state index in [1.54, 1.807) is 18.2 Å². The van der Waals surface area contributed by atoms with Crippen LogP contribution in [-0.2, 0) is 0 Å². The number of carbonyl (C=O) groups excluding carboxylic acids is 1. The van der Waals surface area contributed by atoms with Crippen molar-refractivity contribution in [1.82, 2.24) is 5.32 Å².